The van der Waals surface area contributed by atoms with Gasteiger partial charge in [-0.15, -0.1) is 24.0 Å². The Hall–Kier alpha value is -1.02. The minimum Gasteiger partial charge on any atom is -0.496 e. The van der Waals surface area contributed by atoms with Crippen molar-refractivity contribution in [3.05, 3.63) is 29.3 Å². The van der Waals surface area contributed by atoms with Crippen molar-refractivity contribution in [1.29, 1.82) is 0 Å². The quantitative estimate of drug-likeness (QED) is 0.392. The van der Waals surface area contributed by atoms with Crippen molar-refractivity contribution in [2.75, 3.05) is 55.1 Å². The Morgan fingerprint density at radius 3 is 2.28 bits per heavy atom. The van der Waals surface area contributed by atoms with Gasteiger partial charge >= 0.3 is 0 Å². The molecule has 0 aromatic heterocycles. The van der Waals surface area contributed by atoms with Crippen LogP contribution in [0.3, 0.4) is 0 Å². The summed E-state index contributed by atoms with van der Waals surface area (Å²) in [5, 5.41) is 0. The summed E-state index contributed by atoms with van der Waals surface area (Å²) in [6.45, 7) is 4.41. The fraction of sp³-hybridized carbons (Fsp3) is 0.632. The predicted octanol–water partition coefficient (Wildman–Crippen LogP) is 3.15. The Labute approximate surface area is 169 Å². The van der Waals surface area contributed by atoms with Gasteiger partial charge in [-0.05, 0) is 25.8 Å². The highest BCUT2D eigenvalue weighted by Gasteiger charge is 2.37. The molecule has 1 aliphatic rings. The van der Waals surface area contributed by atoms with Crippen molar-refractivity contribution in [3.63, 3.8) is 0 Å². The molecule has 0 atom stereocenters. The number of hydrogen-bond donors (Lipinski definition) is 0. The lowest BCUT2D eigenvalue weighted by Gasteiger charge is -2.38. The Kier molecular flexibility index (Phi) is 8.47. The zero-order chi connectivity index (χ0) is 17.7. The Bertz CT molecular complexity index is 572. The monoisotopic (exact) mass is 461 g/mol. The van der Waals surface area contributed by atoms with Crippen LogP contribution in [0.4, 0.5) is 0 Å². The molecule has 6 heteroatoms. The van der Waals surface area contributed by atoms with Crippen LogP contribution in [0, 0.1) is 6.92 Å². The first-order valence-corrected chi connectivity index (χ1v) is 8.51. The van der Waals surface area contributed by atoms with Crippen LogP contribution >= 0.6 is 24.0 Å². The highest BCUT2D eigenvalue weighted by molar-refractivity contribution is 14.0. The second-order valence-corrected chi connectivity index (χ2v) is 7.00. The van der Waals surface area contributed by atoms with Crippen molar-refractivity contribution < 1.29 is 9.47 Å². The molecule has 0 radical (unpaired) electrons. The van der Waals surface area contributed by atoms with E-state index in [1.807, 2.05) is 28.2 Å². The van der Waals surface area contributed by atoms with Crippen molar-refractivity contribution in [2.45, 2.75) is 25.2 Å². The van der Waals surface area contributed by atoms with E-state index in [9.17, 15) is 0 Å². The average Bonchev–Trinajstić information content (AvgIpc) is 2.55. The highest BCUT2D eigenvalue weighted by Crippen LogP contribution is 2.40. The van der Waals surface area contributed by atoms with Gasteiger partial charge < -0.3 is 19.3 Å². The maximum atomic E-state index is 5.67. The van der Waals surface area contributed by atoms with Gasteiger partial charge in [0.25, 0.3) is 0 Å². The van der Waals surface area contributed by atoms with E-state index in [1.54, 1.807) is 7.11 Å². The van der Waals surface area contributed by atoms with Crippen LogP contribution < -0.4 is 4.74 Å². The van der Waals surface area contributed by atoms with Gasteiger partial charge in [0.1, 0.15) is 5.75 Å². The molecule has 1 fully saturated rings. The molecule has 1 aromatic rings. The Balaban J connectivity index is 0.00000312. The van der Waals surface area contributed by atoms with E-state index in [2.05, 4.69) is 34.9 Å². The molecule has 0 amide bonds. The summed E-state index contributed by atoms with van der Waals surface area (Å²) in [4.78, 5) is 9.07. The first kappa shape index (κ1) is 22.0. The molecule has 0 bridgehead atoms. The number of hydrogen-bond acceptors (Lipinski definition) is 3. The smallest absolute Gasteiger partial charge is 0.195 e. The van der Waals surface area contributed by atoms with E-state index in [0.717, 1.165) is 44.3 Å². The summed E-state index contributed by atoms with van der Waals surface area (Å²) < 4.78 is 11.3. The molecule has 25 heavy (non-hydrogen) atoms. The zero-order valence-electron chi connectivity index (χ0n) is 16.3. The van der Waals surface area contributed by atoms with Crippen molar-refractivity contribution in [3.8, 4) is 5.75 Å². The van der Waals surface area contributed by atoms with Gasteiger partial charge in [0.15, 0.2) is 5.96 Å². The summed E-state index contributed by atoms with van der Waals surface area (Å²) in [6.07, 6.45) is 1.93. The number of benzene rings is 1. The molecule has 5 nitrogen and oxygen atoms in total. The maximum Gasteiger partial charge on any atom is 0.195 e. The molecule has 0 saturated carbocycles. The van der Waals surface area contributed by atoms with Crippen LogP contribution in [0.1, 0.15) is 24.0 Å². The van der Waals surface area contributed by atoms with E-state index >= 15 is 0 Å². The number of nitrogens with zero attached hydrogens (tertiary/aromatic N) is 3. The van der Waals surface area contributed by atoms with Gasteiger partial charge in [0, 0.05) is 52.4 Å². The second-order valence-electron chi connectivity index (χ2n) is 7.00. The number of guanidine groups is 1. The molecule has 0 unspecified atom stereocenters. The fourth-order valence-electron chi connectivity index (χ4n) is 3.42. The maximum absolute atomic E-state index is 5.67. The molecule has 1 aliphatic heterocycles. The molecule has 0 aliphatic carbocycles. The predicted molar refractivity (Wildman–Crippen MR) is 115 cm³/mol. The summed E-state index contributed by atoms with van der Waals surface area (Å²) in [7, 11) is 9.87. The van der Waals surface area contributed by atoms with Gasteiger partial charge in [-0.2, -0.15) is 0 Å². The number of aryl methyl sites for hydroxylation is 1. The van der Waals surface area contributed by atoms with Gasteiger partial charge in [0.05, 0.1) is 13.7 Å². The minimum absolute atomic E-state index is 0. The first-order valence-electron chi connectivity index (χ1n) is 8.51. The molecular formula is C19H32IN3O2. The van der Waals surface area contributed by atoms with Gasteiger partial charge in [-0.25, -0.2) is 0 Å². The van der Waals surface area contributed by atoms with Crippen molar-refractivity contribution in [2.24, 2.45) is 4.99 Å². The van der Waals surface area contributed by atoms with E-state index in [-0.39, 0.29) is 29.4 Å². The van der Waals surface area contributed by atoms with Crippen LogP contribution in [0.15, 0.2) is 23.2 Å². The van der Waals surface area contributed by atoms with Crippen LogP contribution in [0.5, 0.6) is 5.75 Å². The number of methoxy groups -OCH3 is 1. The third-order valence-corrected chi connectivity index (χ3v) is 4.70. The number of aliphatic imine (C=N–C) groups is 1. The van der Waals surface area contributed by atoms with Crippen molar-refractivity contribution in [1.82, 2.24) is 9.80 Å². The summed E-state index contributed by atoms with van der Waals surface area (Å²) in [6, 6.07) is 6.43. The Morgan fingerprint density at radius 1 is 1.16 bits per heavy atom. The lowest BCUT2D eigenvalue weighted by atomic mass is 9.73. The third kappa shape index (κ3) is 5.23. The zero-order valence-corrected chi connectivity index (χ0v) is 18.7. The number of ether oxygens (including phenoxy) is 2. The van der Waals surface area contributed by atoms with Gasteiger partial charge in [0.2, 0.25) is 0 Å². The summed E-state index contributed by atoms with van der Waals surface area (Å²) in [5.41, 5.74) is 2.47. The minimum atomic E-state index is -0.0348. The molecule has 142 valence electrons. The van der Waals surface area contributed by atoms with Crippen LogP contribution in [0.2, 0.25) is 0 Å². The summed E-state index contributed by atoms with van der Waals surface area (Å²) in [5.74, 6) is 1.93. The molecule has 0 N–H and O–H groups in total. The average molecular weight is 461 g/mol. The third-order valence-electron chi connectivity index (χ3n) is 4.70. The first-order chi connectivity index (χ1) is 11.4. The molecule has 1 heterocycles. The molecule has 1 saturated heterocycles. The largest absolute Gasteiger partial charge is 0.496 e. The molecule has 1 aromatic carbocycles. The van der Waals surface area contributed by atoms with E-state index in [4.69, 9.17) is 14.5 Å². The van der Waals surface area contributed by atoms with Gasteiger partial charge in [-0.1, -0.05) is 17.7 Å². The fourth-order valence-corrected chi connectivity index (χ4v) is 3.42. The normalized spacial score (nSPS) is 15.8. The molecule has 0 spiro atoms. The number of halogens is 1. The van der Waals surface area contributed by atoms with Crippen LogP contribution in [-0.2, 0) is 10.2 Å². The van der Waals surface area contributed by atoms with E-state index in [1.165, 1.54) is 11.1 Å². The van der Waals surface area contributed by atoms with E-state index < -0.39 is 0 Å². The van der Waals surface area contributed by atoms with Crippen molar-refractivity contribution >= 4 is 29.9 Å². The van der Waals surface area contributed by atoms with Crippen LogP contribution in [-0.4, -0.2) is 70.8 Å². The lowest BCUT2D eigenvalue weighted by Crippen LogP contribution is -2.40. The van der Waals surface area contributed by atoms with E-state index in [0.29, 0.717) is 0 Å². The highest BCUT2D eigenvalue weighted by atomic mass is 127. The Morgan fingerprint density at radius 2 is 1.76 bits per heavy atom. The number of rotatable bonds is 4. The topological polar surface area (TPSA) is 37.3 Å². The standard InChI is InChI=1S/C19H31N3O2.HI/c1-15-7-8-17(23-6)16(13-15)19(9-11-24-12-10-19)14-20-18(21(2)3)22(4)5;/h7-8,13H,9-12,14H2,1-6H3;1H. The second kappa shape index (κ2) is 9.62. The summed E-state index contributed by atoms with van der Waals surface area (Å²) >= 11 is 0. The molecular weight excluding hydrogens is 429 g/mol. The lowest BCUT2D eigenvalue weighted by molar-refractivity contribution is 0.0521. The van der Waals surface area contributed by atoms with Gasteiger partial charge in [-0.3, -0.25) is 4.99 Å². The SMILES string of the molecule is COc1ccc(C)cc1C1(CN=C(N(C)C)N(C)C)CCOCC1.I. The van der Waals surface area contributed by atoms with Crippen LogP contribution in [0.25, 0.3) is 0 Å². The molecule has 2 rings (SSSR count).